The minimum Gasteiger partial charge on any atom is -0.478 e. The van der Waals surface area contributed by atoms with Crippen molar-refractivity contribution < 1.29 is 18.3 Å². The van der Waals surface area contributed by atoms with Crippen molar-refractivity contribution >= 4 is 27.6 Å². The highest BCUT2D eigenvalue weighted by Gasteiger charge is 2.35. The van der Waals surface area contributed by atoms with E-state index in [1.807, 2.05) is 6.92 Å². The lowest BCUT2D eigenvalue weighted by molar-refractivity contribution is 0.0697. The molecule has 1 saturated carbocycles. The number of aromatic carboxylic acids is 1. The van der Waals surface area contributed by atoms with E-state index < -0.39 is 16.0 Å². The summed E-state index contributed by atoms with van der Waals surface area (Å²) in [5.41, 5.74) is 0.956. The van der Waals surface area contributed by atoms with E-state index in [4.69, 9.17) is 16.7 Å². The molecular weight excluding hydrogens is 422 g/mol. The van der Waals surface area contributed by atoms with Crippen molar-refractivity contribution in [1.82, 2.24) is 4.31 Å². The smallest absolute Gasteiger partial charge is 0.335 e. The maximum Gasteiger partial charge on any atom is 0.335 e. The molecule has 0 unspecified atom stereocenters. The normalized spacial score (nSPS) is 16.5. The Morgan fingerprint density at radius 2 is 1.67 bits per heavy atom. The van der Waals surface area contributed by atoms with Crippen LogP contribution in [0.1, 0.15) is 61.4 Å². The van der Waals surface area contributed by atoms with E-state index in [9.17, 15) is 13.2 Å². The first-order valence-electron chi connectivity index (χ1n) is 10.4. The molecule has 1 aliphatic carbocycles. The van der Waals surface area contributed by atoms with Gasteiger partial charge in [-0.15, -0.1) is 0 Å². The predicted molar refractivity (Wildman–Crippen MR) is 118 cm³/mol. The van der Waals surface area contributed by atoms with E-state index in [1.165, 1.54) is 18.6 Å². The number of carboxylic acid groups (broad SMARTS) is 1. The quantitative estimate of drug-likeness (QED) is 0.570. The molecule has 1 N–H and O–H groups in total. The molecule has 0 aliphatic heterocycles. The third-order valence-corrected chi connectivity index (χ3v) is 8.08. The van der Waals surface area contributed by atoms with Crippen molar-refractivity contribution in [2.24, 2.45) is 5.92 Å². The van der Waals surface area contributed by atoms with Crippen LogP contribution in [0.25, 0.3) is 0 Å². The number of hydrogen-bond acceptors (Lipinski definition) is 3. The maximum atomic E-state index is 13.7. The molecule has 1 fully saturated rings. The fourth-order valence-corrected chi connectivity index (χ4v) is 6.22. The average Bonchev–Trinajstić information content (AvgIpc) is 2.75. The largest absolute Gasteiger partial charge is 0.478 e. The van der Waals surface area contributed by atoms with Crippen LogP contribution in [0.3, 0.4) is 0 Å². The standard InChI is InChI=1S/C23H28ClNO4S/c1-2-22(18-6-4-3-5-7-18)25(16-17-8-10-19(11-9-17)23(26)27)30(28,29)21-14-12-20(24)13-15-21/h8-15,18,22H,2-7,16H2,1H3,(H,26,27)/t22-/m0/s1. The van der Waals surface area contributed by atoms with Crippen molar-refractivity contribution in [1.29, 1.82) is 0 Å². The van der Waals surface area contributed by atoms with E-state index in [0.29, 0.717) is 10.9 Å². The van der Waals surface area contributed by atoms with Gasteiger partial charge in [0.1, 0.15) is 0 Å². The minimum atomic E-state index is -3.74. The molecule has 1 atom stereocenters. The summed E-state index contributed by atoms with van der Waals surface area (Å²) in [7, 11) is -3.74. The number of carboxylic acids is 1. The van der Waals surface area contributed by atoms with Crippen LogP contribution in [-0.4, -0.2) is 29.8 Å². The molecule has 162 valence electrons. The lowest BCUT2D eigenvalue weighted by atomic mass is 9.83. The van der Waals surface area contributed by atoms with E-state index >= 15 is 0 Å². The fraction of sp³-hybridized carbons (Fsp3) is 0.435. The Kier molecular flexibility index (Phi) is 7.55. The highest BCUT2D eigenvalue weighted by Crippen LogP contribution is 2.34. The fourth-order valence-electron chi connectivity index (χ4n) is 4.35. The number of benzene rings is 2. The summed E-state index contributed by atoms with van der Waals surface area (Å²) in [5.74, 6) is -0.676. The summed E-state index contributed by atoms with van der Waals surface area (Å²) in [5, 5.41) is 9.63. The molecule has 3 rings (SSSR count). The summed E-state index contributed by atoms with van der Waals surface area (Å²) in [4.78, 5) is 11.4. The Morgan fingerprint density at radius 1 is 1.07 bits per heavy atom. The molecule has 0 bridgehead atoms. The number of hydrogen-bond donors (Lipinski definition) is 1. The van der Waals surface area contributed by atoms with Crippen LogP contribution in [0.15, 0.2) is 53.4 Å². The third-order valence-electron chi connectivity index (χ3n) is 5.94. The zero-order valence-corrected chi connectivity index (χ0v) is 18.7. The van der Waals surface area contributed by atoms with Crippen LogP contribution in [0.4, 0.5) is 0 Å². The Bertz CT molecular complexity index is 952. The first-order valence-corrected chi connectivity index (χ1v) is 12.2. The number of rotatable bonds is 8. The third kappa shape index (κ3) is 5.23. The minimum absolute atomic E-state index is 0.106. The Morgan fingerprint density at radius 3 is 2.20 bits per heavy atom. The van der Waals surface area contributed by atoms with E-state index in [2.05, 4.69) is 0 Å². The maximum absolute atomic E-state index is 13.7. The molecule has 2 aromatic rings. The van der Waals surface area contributed by atoms with Gasteiger partial charge in [-0.3, -0.25) is 0 Å². The molecule has 0 saturated heterocycles. The lowest BCUT2D eigenvalue weighted by Crippen LogP contribution is -2.44. The Balaban J connectivity index is 1.98. The molecule has 0 radical (unpaired) electrons. The van der Waals surface area contributed by atoms with Gasteiger partial charge in [0.15, 0.2) is 0 Å². The van der Waals surface area contributed by atoms with Crippen molar-refractivity contribution in [2.75, 3.05) is 0 Å². The highest BCUT2D eigenvalue weighted by molar-refractivity contribution is 7.89. The van der Waals surface area contributed by atoms with Crippen LogP contribution < -0.4 is 0 Å². The number of nitrogens with zero attached hydrogens (tertiary/aromatic N) is 1. The van der Waals surface area contributed by atoms with Gasteiger partial charge < -0.3 is 5.11 Å². The predicted octanol–water partition coefficient (Wildman–Crippen LogP) is 5.59. The second-order valence-corrected chi connectivity index (χ2v) is 10.2. The lowest BCUT2D eigenvalue weighted by Gasteiger charge is -2.37. The SMILES string of the molecule is CC[C@@H](C1CCCCC1)N(Cc1ccc(C(=O)O)cc1)S(=O)(=O)c1ccc(Cl)cc1. The second kappa shape index (κ2) is 9.94. The van der Waals surface area contributed by atoms with Gasteiger partial charge in [-0.1, -0.05) is 49.9 Å². The van der Waals surface area contributed by atoms with Gasteiger partial charge in [0, 0.05) is 17.6 Å². The molecule has 2 aromatic carbocycles. The molecule has 0 aromatic heterocycles. The van der Waals surface area contributed by atoms with Crippen LogP contribution in [0.2, 0.25) is 5.02 Å². The van der Waals surface area contributed by atoms with Gasteiger partial charge >= 0.3 is 5.97 Å². The number of carbonyl (C=O) groups is 1. The molecule has 30 heavy (non-hydrogen) atoms. The van der Waals surface area contributed by atoms with Crippen molar-refractivity contribution in [3.8, 4) is 0 Å². The summed E-state index contributed by atoms with van der Waals surface area (Å²) in [6.07, 6.45) is 6.25. The molecule has 7 heteroatoms. The molecule has 0 amide bonds. The van der Waals surface area contributed by atoms with E-state index in [-0.39, 0.29) is 23.0 Å². The van der Waals surface area contributed by atoms with E-state index in [1.54, 1.807) is 40.7 Å². The monoisotopic (exact) mass is 449 g/mol. The molecule has 0 spiro atoms. The first kappa shape index (κ1) is 22.8. The zero-order chi connectivity index (χ0) is 21.7. The van der Waals surface area contributed by atoms with Crippen LogP contribution in [-0.2, 0) is 16.6 Å². The van der Waals surface area contributed by atoms with Gasteiger partial charge in [-0.2, -0.15) is 4.31 Å². The average molecular weight is 450 g/mol. The molecular formula is C23H28ClNO4S. The molecule has 5 nitrogen and oxygen atoms in total. The first-order chi connectivity index (χ1) is 14.3. The zero-order valence-electron chi connectivity index (χ0n) is 17.1. The molecule has 0 heterocycles. The Hall–Kier alpha value is -1.89. The molecule has 1 aliphatic rings. The summed E-state index contributed by atoms with van der Waals surface area (Å²) < 4.78 is 28.9. The second-order valence-electron chi connectivity index (χ2n) is 7.88. The summed E-state index contributed by atoms with van der Waals surface area (Å²) in [6.45, 7) is 2.25. The number of sulfonamides is 1. The van der Waals surface area contributed by atoms with Gasteiger partial charge in [0.25, 0.3) is 0 Å². The van der Waals surface area contributed by atoms with Gasteiger partial charge in [-0.25, -0.2) is 13.2 Å². The van der Waals surface area contributed by atoms with Crippen molar-refractivity contribution in [3.63, 3.8) is 0 Å². The topological polar surface area (TPSA) is 74.7 Å². The van der Waals surface area contributed by atoms with Crippen molar-refractivity contribution in [2.45, 2.75) is 62.9 Å². The van der Waals surface area contributed by atoms with Gasteiger partial charge in [-0.05, 0) is 67.1 Å². The van der Waals surface area contributed by atoms with Crippen molar-refractivity contribution in [3.05, 3.63) is 64.7 Å². The van der Waals surface area contributed by atoms with Crippen LogP contribution in [0.5, 0.6) is 0 Å². The van der Waals surface area contributed by atoms with Gasteiger partial charge in [0.05, 0.1) is 10.5 Å². The summed E-state index contributed by atoms with van der Waals surface area (Å²) in [6, 6.07) is 12.6. The van der Waals surface area contributed by atoms with Crippen LogP contribution in [0, 0.1) is 5.92 Å². The Labute approximate surface area is 183 Å². The summed E-state index contributed by atoms with van der Waals surface area (Å²) >= 11 is 5.97. The van der Waals surface area contributed by atoms with E-state index in [0.717, 1.165) is 37.7 Å². The number of halogens is 1. The van der Waals surface area contributed by atoms with Crippen LogP contribution >= 0.6 is 11.6 Å². The highest BCUT2D eigenvalue weighted by atomic mass is 35.5. The van der Waals surface area contributed by atoms with Gasteiger partial charge in [0.2, 0.25) is 10.0 Å².